The molecule has 0 atom stereocenters. The normalized spacial score (nSPS) is 10.2. The molecule has 6 heteroatoms. The van der Waals surface area contributed by atoms with Crippen molar-refractivity contribution in [1.82, 2.24) is 5.16 Å². The summed E-state index contributed by atoms with van der Waals surface area (Å²) in [5, 5.41) is 6.52. The summed E-state index contributed by atoms with van der Waals surface area (Å²) < 4.78 is 4.87. The van der Waals surface area contributed by atoms with Gasteiger partial charge in [0.05, 0.1) is 16.3 Å². The molecule has 0 unspecified atom stereocenters. The van der Waals surface area contributed by atoms with E-state index in [-0.39, 0.29) is 5.88 Å². The molecule has 0 bridgehead atoms. The number of benzene rings is 1. The van der Waals surface area contributed by atoms with Gasteiger partial charge in [0.15, 0.2) is 0 Å². The van der Waals surface area contributed by atoms with Gasteiger partial charge in [-0.1, -0.05) is 16.8 Å². The Bertz CT molecular complexity index is 566. The van der Waals surface area contributed by atoms with E-state index in [4.69, 9.17) is 21.9 Å². The number of amides is 1. The first-order chi connectivity index (χ1) is 8.06. The standard InChI is InChI=1S/C11H10ClN3O2/c1-6-4-10(17-15-6)14-11(16)8-5-7(13)2-3-9(8)12/h2-5H,13H2,1H3,(H,14,16). The van der Waals surface area contributed by atoms with Crippen molar-refractivity contribution in [3.8, 4) is 0 Å². The monoisotopic (exact) mass is 251 g/mol. The van der Waals surface area contributed by atoms with Crippen LogP contribution in [0.5, 0.6) is 0 Å². The fraction of sp³-hybridized carbons (Fsp3) is 0.0909. The minimum absolute atomic E-state index is 0.269. The number of aromatic nitrogens is 1. The van der Waals surface area contributed by atoms with E-state index in [1.165, 1.54) is 6.07 Å². The Hall–Kier alpha value is -2.01. The molecule has 0 aliphatic carbocycles. The zero-order valence-corrected chi connectivity index (χ0v) is 9.78. The third-order valence-electron chi connectivity index (χ3n) is 2.10. The second-order valence-electron chi connectivity index (χ2n) is 3.53. The Morgan fingerprint density at radius 1 is 1.47 bits per heavy atom. The molecular formula is C11H10ClN3O2. The Morgan fingerprint density at radius 3 is 2.88 bits per heavy atom. The number of nitrogens with zero attached hydrogens (tertiary/aromatic N) is 1. The molecule has 3 N–H and O–H groups in total. The van der Waals surface area contributed by atoms with E-state index in [9.17, 15) is 4.79 Å². The Balaban J connectivity index is 2.22. The van der Waals surface area contributed by atoms with Gasteiger partial charge in [0, 0.05) is 11.8 Å². The average molecular weight is 252 g/mol. The Morgan fingerprint density at radius 2 is 2.24 bits per heavy atom. The van der Waals surface area contributed by atoms with Crippen molar-refractivity contribution in [2.75, 3.05) is 11.1 Å². The molecule has 1 heterocycles. The summed E-state index contributed by atoms with van der Waals surface area (Å²) in [6, 6.07) is 6.30. The smallest absolute Gasteiger partial charge is 0.259 e. The lowest BCUT2D eigenvalue weighted by Crippen LogP contribution is -2.12. The summed E-state index contributed by atoms with van der Waals surface area (Å²) >= 11 is 5.90. The first-order valence-electron chi connectivity index (χ1n) is 4.86. The SMILES string of the molecule is Cc1cc(NC(=O)c2cc(N)ccc2Cl)on1. The van der Waals surface area contributed by atoms with E-state index in [0.29, 0.717) is 22.0 Å². The topological polar surface area (TPSA) is 81.2 Å². The molecule has 0 aliphatic rings. The van der Waals surface area contributed by atoms with Crippen molar-refractivity contribution in [3.05, 3.63) is 40.5 Å². The van der Waals surface area contributed by atoms with Gasteiger partial charge in [-0.15, -0.1) is 0 Å². The molecule has 88 valence electrons. The molecule has 0 saturated heterocycles. The van der Waals surface area contributed by atoms with Gasteiger partial charge < -0.3 is 10.3 Å². The summed E-state index contributed by atoms with van der Waals surface area (Å²) in [4.78, 5) is 11.9. The number of carbonyl (C=O) groups is 1. The molecule has 2 aromatic rings. The van der Waals surface area contributed by atoms with Crippen molar-refractivity contribution in [2.45, 2.75) is 6.92 Å². The lowest BCUT2D eigenvalue weighted by molar-refractivity contribution is 0.102. The maximum Gasteiger partial charge on any atom is 0.259 e. The van der Waals surface area contributed by atoms with E-state index < -0.39 is 5.91 Å². The van der Waals surface area contributed by atoms with Crippen molar-refractivity contribution in [3.63, 3.8) is 0 Å². The molecule has 17 heavy (non-hydrogen) atoms. The van der Waals surface area contributed by atoms with Crippen LogP contribution in [-0.2, 0) is 0 Å². The molecule has 1 aromatic carbocycles. The quantitative estimate of drug-likeness (QED) is 0.804. The van der Waals surface area contributed by atoms with Crippen LogP contribution in [0.15, 0.2) is 28.8 Å². The molecular weight excluding hydrogens is 242 g/mol. The number of hydrogen-bond acceptors (Lipinski definition) is 4. The maximum absolute atomic E-state index is 11.9. The summed E-state index contributed by atoms with van der Waals surface area (Å²) in [5.41, 5.74) is 7.03. The van der Waals surface area contributed by atoms with Crippen LogP contribution in [0.4, 0.5) is 11.6 Å². The van der Waals surface area contributed by atoms with Crippen molar-refractivity contribution >= 4 is 29.1 Å². The van der Waals surface area contributed by atoms with Crippen LogP contribution in [-0.4, -0.2) is 11.1 Å². The Labute approximate surface area is 103 Å². The van der Waals surface area contributed by atoms with Gasteiger partial charge in [0.1, 0.15) is 0 Å². The number of aryl methyl sites for hydroxylation is 1. The number of halogens is 1. The fourth-order valence-electron chi connectivity index (χ4n) is 1.32. The van der Waals surface area contributed by atoms with Gasteiger partial charge in [-0.25, -0.2) is 0 Å². The van der Waals surface area contributed by atoms with E-state index >= 15 is 0 Å². The molecule has 1 aromatic heterocycles. The summed E-state index contributed by atoms with van der Waals surface area (Å²) in [6.45, 7) is 1.76. The molecule has 0 fully saturated rings. The highest BCUT2D eigenvalue weighted by Gasteiger charge is 2.12. The molecule has 0 saturated carbocycles. The largest absolute Gasteiger partial charge is 0.399 e. The minimum atomic E-state index is -0.390. The van der Waals surface area contributed by atoms with Gasteiger partial charge in [-0.3, -0.25) is 10.1 Å². The van der Waals surface area contributed by atoms with E-state index in [1.54, 1.807) is 25.1 Å². The lowest BCUT2D eigenvalue weighted by Gasteiger charge is -2.04. The van der Waals surface area contributed by atoms with Crippen LogP contribution in [0, 0.1) is 6.92 Å². The van der Waals surface area contributed by atoms with Crippen LogP contribution < -0.4 is 11.1 Å². The lowest BCUT2D eigenvalue weighted by atomic mass is 10.2. The molecule has 5 nitrogen and oxygen atoms in total. The maximum atomic E-state index is 11.9. The molecule has 0 spiro atoms. The zero-order valence-electron chi connectivity index (χ0n) is 9.03. The first kappa shape index (κ1) is 11.5. The van der Waals surface area contributed by atoms with Gasteiger partial charge in [-0.05, 0) is 25.1 Å². The summed E-state index contributed by atoms with van der Waals surface area (Å²) in [7, 11) is 0. The number of anilines is 2. The van der Waals surface area contributed by atoms with Crippen molar-refractivity contribution < 1.29 is 9.32 Å². The highest BCUT2D eigenvalue weighted by Crippen LogP contribution is 2.20. The number of nitrogens with one attached hydrogen (secondary N) is 1. The second-order valence-corrected chi connectivity index (χ2v) is 3.93. The number of carbonyl (C=O) groups excluding carboxylic acids is 1. The zero-order chi connectivity index (χ0) is 12.4. The minimum Gasteiger partial charge on any atom is -0.399 e. The molecule has 2 rings (SSSR count). The van der Waals surface area contributed by atoms with Gasteiger partial charge in [-0.2, -0.15) is 0 Å². The van der Waals surface area contributed by atoms with Crippen LogP contribution in [0.3, 0.4) is 0 Å². The first-order valence-corrected chi connectivity index (χ1v) is 5.24. The highest BCUT2D eigenvalue weighted by atomic mass is 35.5. The van der Waals surface area contributed by atoms with Gasteiger partial charge in [0.25, 0.3) is 5.91 Å². The number of nitrogens with two attached hydrogens (primary N) is 1. The average Bonchev–Trinajstić information content (AvgIpc) is 2.67. The van der Waals surface area contributed by atoms with E-state index in [1.807, 2.05) is 0 Å². The predicted molar refractivity (Wildman–Crippen MR) is 65.1 cm³/mol. The Kier molecular flexibility index (Phi) is 3.01. The molecule has 0 radical (unpaired) electrons. The number of rotatable bonds is 2. The van der Waals surface area contributed by atoms with Crippen LogP contribution >= 0.6 is 11.6 Å². The fourth-order valence-corrected chi connectivity index (χ4v) is 1.52. The summed E-state index contributed by atoms with van der Waals surface area (Å²) in [5.74, 6) is -0.121. The number of nitrogen functional groups attached to an aromatic ring is 1. The molecule has 0 aliphatic heterocycles. The van der Waals surface area contributed by atoms with E-state index in [2.05, 4.69) is 10.5 Å². The van der Waals surface area contributed by atoms with E-state index in [0.717, 1.165) is 0 Å². The molecule has 1 amide bonds. The van der Waals surface area contributed by atoms with Crippen LogP contribution in [0.2, 0.25) is 5.02 Å². The predicted octanol–water partition coefficient (Wildman–Crippen LogP) is 2.47. The van der Waals surface area contributed by atoms with Crippen molar-refractivity contribution in [2.24, 2.45) is 0 Å². The van der Waals surface area contributed by atoms with Gasteiger partial charge in [0.2, 0.25) is 5.88 Å². The van der Waals surface area contributed by atoms with Crippen molar-refractivity contribution in [1.29, 1.82) is 0 Å². The van der Waals surface area contributed by atoms with Gasteiger partial charge >= 0.3 is 0 Å². The number of hydrogen-bond donors (Lipinski definition) is 2. The third kappa shape index (κ3) is 2.57. The second kappa shape index (κ2) is 4.47. The van der Waals surface area contributed by atoms with Crippen LogP contribution in [0.25, 0.3) is 0 Å². The van der Waals surface area contributed by atoms with Crippen LogP contribution in [0.1, 0.15) is 16.1 Å². The highest BCUT2D eigenvalue weighted by molar-refractivity contribution is 6.34. The summed E-state index contributed by atoms with van der Waals surface area (Å²) in [6.07, 6.45) is 0. The third-order valence-corrected chi connectivity index (χ3v) is 2.43.